The minimum atomic E-state index is -3.95. The lowest BCUT2D eigenvalue weighted by molar-refractivity contribution is -0.0329. The van der Waals surface area contributed by atoms with Crippen LogP contribution in [-0.2, 0) is 19.5 Å². The van der Waals surface area contributed by atoms with Crippen molar-refractivity contribution < 1.29 is 37.7 Å². The van der Waals surface area contributed by atoms with E-state index in [0.29, 0.717) is 16.9 Å². The topological polar surface area (TPSA) is 196 Å². The number of aliphatic hydroxyl groups excluding tert-OH is 2. The van der Waals surface area contributed by atoms with Crippen LogP contribution in [0.25, 0.3) is 11.2 Å². The number of ketones is 1. The number of anilines is 1. The van der Waals surface area contributed by atoms with Crippen LogP contribution in [0.3, 0.4) is 0 Å². The average molecular weight is 546 g/mol. The highest BCUT2D eigenvalue weighted by molar-refractivity contribution is 7.92. The molecule has 1 aromatic carbocycles. The number of nitrogen functional groups attached to an aromatic ring is 1. The lowest BCUT2D eigenvalue weighted by Gasteiger charge is -2.16. The number of allylic oxidation sites excluding steroid dienone is 1. The van der Waals surface area contributed by atoms with Gasteiger partial charge in [0.1, 0.15) is 23.8 Å². The number of aromatic nitrogens is 3. The number of benzene rings is 1. The van der Waals surface area contributed by atoms with Crippen molar-refractivity contribution in [1.82, 2.24) is 19.3 Å². The quantitative estimate of drug-likeness (QED) is 0.205. The molecule has 5 N–H and O–H groups in total. The molecule has 3 aromatic rings. The molecule has 3 heterocycles. The summed E-state index contributed by atoms with van der Waals surface area (Å²) in [6.45, 7) is -0.324. The van der Waals surface area contributed by atoms with E-state index in [1.54, 1.807) is 18.2 Å². The van der Waals surface area contributed by atoms with Crippen LogP contribution in [-0.4, -0.2) is 76.9 Å². The summed E-state index contributed by atoms with van der Waals surface area (Å²) < 4.78 is 39.0. The van der Waals surface area contributed by atoms with E-state index in [-0.39, 0.29) is 36.3 Å². The molecule has 0 bridgehead atoms. The van der Waals surface area contributed by atoms with Gasteiger partial charge in [0.05, 0.1) is 24.7 Å². The fraction of sp³-hybridized carbons (Fsp3) is 0.333. The molecule has 202 valence electrons. The van der Waals surface area contributed by atoms with Crippen LogP contribution < -0.4 is 10.5 Å². The maximum absolute atomic E-state index is 12.5. The predicted molar refractivity (Wildman–Crippen MR) is 135 cm³/mol. The van der Waals surface area contributed by atoms with Crippen LogP contribution in [0, 0.1) is 0 Å². The zero-order valence-electron chi connectivity index (χ0n) is 20.3. The molecule has 4 rings (SSSR count). The van der Waals surface area contributed by atoms with Gasteiger partial charge in [-0.25, -0.2) is 27.9 Å². The van der Waals surface area contributed by atoms with E-state index < -0.39 is 40.5 Å². The maximum Gasteiger partial charge on any atom is 0.338 e. The average Bonchev–Trinajstić information content (AvgIpc) is 3.46. The van der Waals surface area contributed by atoms with Crippen molar-refractivity contribution in [3.8, 4) is 0 Å². The summed E-state index contributed by atoms with van der Waals surface area (Å²) in [5.41, 5.74) is 7.34. The number of aliphatic hydroxyl groups is 2. The smallest absolute Gasteiger partial charge is 0.338 e. The summed E-state index contributed by atoms with van der Waals surface area (Å²) in [6.07, 6.45) is -0.680. The number of carbonyl (C=O) groups is 2. The molecule has 0 spiro atoms. The molecule has 1 aliphatic rings. The Balaban J connectivity index is 1.33. The van der Waals surface area contributed by atoms with Crippen LogP contribution in [0.5, 0.6) is 0 Å². The summed E-state index contributed by atoms with van der Waals surface area (Å²) in [6, 6.07) is 7.78. The summed E-state index contributed by atoms with van der Waals surface area (Å²) in [5.74, 6) is -0.978. The van der Waals surface area contributed by atoms with Gasteiger partial charge in [-0.2, -0.15) is 0 Å². The Morgan fingerprint density at radius 3 is 2.66 bits per heavy atom. The van der Waals surface area contributed by atoms with E-state index in [0.717, 1.165) is 5.41 Å². The molecule has 0 amide bonds. The third-order valence-electron chi connectivity index (χ3n) is 6.04. The molecule has 14 heteroatoms. The molecule has 13 nitrogen and oxygen atoms in total. The second-order valence-corrected chi connectivity index (χ2v) is 10.2. The number of pyridine rings is 1. The van der Waals surface area contributed by atoms with E-state index in [4.69, 9.17) is 10.5 Å². The van der Waals surface area contributed by atoms with Crippen LogP contribution in [0.2, 0.25) is 0 Å². The number of nitrogens with zero attached hydrogens (tertiary/aromatic N) is 3. The molecule has 0 radical (unpaired) electrons. The van der Waals surface area contributed by atoms with Gasteiger partial charge in [0, 0.05) is 30.1 Å². The molecule has 2 aromatic heterocycles. The highest BCUT2D eigenvalue weighted by Crippen LogP contribution is 2.32. The summed E-state index contributed by atoms with van der Waals surface area (Å²) in [4.78, 5) is 32.7. The number of imidazole rings is 1. The number of hydrogen-bond acceptors (Lipinski definition) is 11. The number of nitrogens with two attached hydrogens (primary N) is 1. The third kappa shape index (κ3) is 5.74. The summed E-state index contributed by atoms with van der Waals surface area (Å²) in [7, 11) is -2.73. The number of Topliss-reactive ketones (excluding diaryl/α,β-unsaturated/α-hetero) is 1. The molecule has 1 aliphatic heterocycles. The van der Waals surface area contributed by atoms with Crippen molar-refractivity contribution in [2.24, 2.45) is 0 Å². The fourth-order valence-corrected chi connectivity index (χ4v) is 4.95. The first-order valence-corrected chi connectivity index (χ1v) is 13.1. The van der Waals surface area contributed by atoms with Crippen LogP contribution in [0.1, 0.15) is 39.8 Å². The van der Waals surface area contributed by atoms with Gasteiger partial charge in [-0.1, -0.05) is 24.3 Å². The standard InChI is InChI=1S/C24H27N5O8S/c1-36-24(33)15-7-3-2-6-14(15)17(30)8-4-5-11-38(34,35)28-12-18-20(31)21(32)23(37-18)29-13-27-19-16(25)9-10-26-22(19)29/h2-3,5-7,9-11,13,18,20-21,23,28,31-32H,4,8,12H2,1H3,(H2,25,26)/b11-5+/t18-,20-,21-,23-/m1/s1. The van der Waals surface area contributed by atoms with Crippen molar-refractivity contribution in [3.05, 3.63) is 65.5 Å². The second kappa shape index (κ2) is 11.4. The van der Waals surface area contributed by atoms with Gasteiger partial charge < -0.3 is 25.4 Å². The van der Waals surface area contributed by atoms with E-state index in [1.165, 1.54) is 42.4 Å². The molecule has 4 atom stereocenters. The van der Waals surface area contributed by atoms with Crippen molar-refractivity contribution >= 4 is 38.6 Å². The number of methoxy groups -OCH3 is 1. The minimum absolute atomic E-state index is 0.0320. The van der Waals surface area contributed by atoms with Gasteiger partial charge in [-0.15, -0.1) is 0 Å². The Labute approximate surface area is 218 Å². The molecule has 0 aliphatic carbocycles. The van der Waals surface area contributed by atoms with Gasteiger partial charge in [0.2, 0.25) is 10.0 Å². The Hall–Kier alpha value is -3.69. The Morgan fingerprint density at radius 2 is 1.92 bits per heavy atom. The van der Waals surface area contributed by atoms with Gasteiger partial charge in [-0.05, 0) is 18.6 Å². The first-order chi connectivity index (χ1) is 18.1. The summed E-state index contributed by atoms with van der Waals surface area (Å²) >= 11 is 0. The fourth-order valence-electron chi connectivity index (χ4n) is 4.07. The summed E-state index contributed by atoms with van der Waals surface area (Å²) in [5, 5.41) is 21.8. The number of sulfonamides is 1. The van der Waals surface area contributed by atoms with Crippen LogP contribution in [0.15, 0.2) is 54.3 Å². The monoisotopic (exact) mass is 545 g/mol. The molecular formula is C24H27N5O8S. The molecule has 1 saturated heterocycles. The Bertz CT molecular complexity index is 1470. The zero-order chi connectivity index (χ0) is 27.4. The SMILES string of the molecule is COC(=O)c1ccccc1C(=O)CC/C=C/S(=O)(=O)NC[C@H]1O[C@@H](n2cnc3c(N)ccnc32)[C@H](O)[C@@H]1O. The van der Waals surface area contributed by atoms with Crippen molar-refractivity contribution in [2.75, 3.05) is 19.4 Å². The van der Waals surface area contributed by atoms with Crippen molar-refractivity contribution in [2.45, 2.75) is 37.4 Å². The number of nitrogens with one attached hydrogen (secondary N) is 1. The lowest BCUT2D eigenvalue weighted by atomic mass is 10.0. The molecule has 1 fully saturated rings. The van der Waals surface area contributed by atoms with E-state index in [9.17, 15) is 28.2 Å². The van der Waals surface area contributed by atoms with Crippen molar-refractivity contribution in [3.63, 3.8) is 0 Å². The predicted octanol–water partition coefficient (Wildman–Crippen LogP) is 0.515. The molecule has 38 heavy (non-hydrogen) atoms. The van der Waals surface area contributed by atoms with Crippen molar-refractivity contribution in [1.29, 1.82) is 0 Å². The van der Waals surface area contributed by atoms with Gasteiger partial charge >= 0.3 is 5.97 Å². The first kappa shape index (κ1) is 27.3. The van der Waals surface area contributed by atoms with Crippen LogP contribution in [0.4, 0.5) is 5.69 Å². The molecule has 0 saturated carbocycles. The number of rotatable bonds is 10. The van der Waals surface area contributed by atoms with Gasteiger partial charge in [0.25, 0.3) is 0 Å². The van der Waals surface area contributed by atoms with E-state index in [2.05, 4.69) is 19.4 Å². The van der Waals surface area contributed by atoms with E-state index >= 15 is 0 Å². The Kier molecular flexibility index (Phi) is 8.18. The van der Waals surface area contributed by atoms with Gasteiger partial charge in [0.15, 0.2) is 17.7 Å². The number of ether oxygens (including phenoxy) is 2. The third-order valence-corrected chi connectivity index (χ3v) is 7.16. The number of fused-ring (bicyclic) bond motifs is 1. The highest BCUT2D eigenvalue weighted by Gasteiger charge is 2.44. The van der Waals surface area contributed by atoms with E-state index in [1.807, 2.05) is 0 Å². The molecular weight excluding hydrogens is 518 g/mol. The number of carbonyl (C=O) groups excluding carboxylic acids is 2. The zero-order valence-corrected chi connectivity index (χ0v) is 21.1. The Morgan fingerprint density at radius 1 is 1.18 bits per heavy atom. The minimum Gasteiger partial charge on any atom is -0.465 e. The maximum atomic E-state index is 12.5. The molecule has 0 unspecified atom stereocenters. The normalized spacial score (nSPS) is 21.8. The lowest BCUT2D eigenvalue weighted by Crippen LogP contribution is -2.39. The highest BCUT2D eigenvalue weighted by atomic mass is 32.2. The number of hydrogen-bond donors (Lipinski definition) is 4. The largest absolute Gasteiger partial charge is 0.465 e. The van der Waals surface area contributed by atoms with Gasteiger partial charge in [-0.3, -0.25) is 9.36 Å². The number of esters is 1. The second-order valence-electron chi connectivity index (χ2n) is 8.53. The van der Waals surface area contributed by atoms with Crippen LogP contribution >= 0.6 is 0 Å². The first-order valence-electron chi connectivity index (χ1n) is 11.6.